The summed E-state index contributed by atoms with van der Waals surface area (Å²) in [4.78, 5) is 11.4. The molecule has 0 radical (unpaired) electrons. The van der Waals surface area contributed by atoms with Crippen molar-refractivity contribution in [1.82, 2.24) is 0 Å². The molecule has 7 aromatic rings. The maximum absolute atomic E-state index is 11.4. The maximum atomic E-state index is 11.4. The lowest BCUT2D eigenvalue weighted by atomic mass is 9.93. The quantitative estimate of drug-likeness (QED) is 0.0754. The van der Waals surface area contributed by atoms with Gasteiger partial charge in [-0.25, -0.2) is 0 Å². The van der Waals surface area contributed by atoms with Crippen LogP contribution in [0.1, 0.15) is 27.0 Å². The molecular weight excluding hydrogens is 807 g/mol. The summed E-state index contributed by atoms with van der Waals surface area (Å²) in [5.74, 6) is 3.67. The van der Waals surface area contributed by atoms with Crippen LogP contribution in [0, 0.1) is 0 Å². The van der Waals surface area contributed by atoms with Crippen molar-refractivity contribution in [3.63, 3.8) is 0 Å². The van der Waals surface area contributed by atoms with Crippen molar-refractivity contribution in [2.24, 2.45) is 0 Å². The number of methoxy groups -OCH3 is 4. The minimum Gasteiger partial charge on any atom is -1.00 e. The van der Waals surface area contributed by atoms with Crippen molar-refractivity contribution in [2.45, 2.75) is 19.0 Å². The van der Waals surface area contributed by atoms with E-state index in [1.807, 2.05) is 24.3 Å². The number of halogens is 1. The summed E-state index contributed by atoms with van der Waals surface area (Å²) in [6.45, 7) is 0. The molecule has 0 amide bonds. The van der Waals surface area contributed by atoms with Crippen LogP contribution in [-0.4, -0.2) is 34.7 Å². The van der Waals surface area contributed by atoms with Gasteiger partial charge in [-0.3, -0.25) is 4.79 Å². The summed E-state index contributed by atoms with van der Waals surface area (Å²) < 4.78 is 29.3. The number of aldehydes is 1. The summed E-state index contributed by atoms with van der Waals surface area (Å²) >= 11 is 0. The minimum atomic E-state index is -2.11. The molecule has 0 spiro atoms. The van der Waals surface area contributed by atoms with E-state index in [0.717, 1.165) is 59.0 Å². The van der Waals surface area contributed by atoms with Crippen LogP contribution in [0.4, 0.5) is 0 Å². The molecule has 6 nitrogen and oxygen atoms in total. The van der Waals surface area contributed by atoms with Gasteiger partial charge in [0.1, 0.15) is 41.0 Å². The molecule has 7 aromatic carbocycles. The predicted molar refractivity (Wildman–Crippen MR) is 233 cm³/mol. The van der Waals surface area contributed by atoms with E-state index in [4.69, 9.17) is 23.7 Å². The molecule has 0 heterocycles. The van der Waals surface area contributed by atoms with Gasteiger partial charge >= 0.3 is 0 Å². The summed E-state index contributed by atoms with van der Waals surface area (Å²) in [6.07, 6.45) is 3.09. The molecule has 8 heteroatoms. The zero-order valence-electron chi connectivity index (χ0n) is 33.1. The third-order valence-electron chi connectivity index (χ3n) is 10.3. The monoisotopic (exact) mass is 852 g/mol. The Morgan fingerprint density at radius 3 is 1.59 bits per heavy atom. The Balaban J connectivity index is 0.00000567. The van der Waals surface area contributed by atoms with Gasteiger partial charge in [-0.15, -0.1) is 0 Å². The molecule has 0 saturated carbocycles. The van der Waals surface area contributed by atoms with Crippen LogP contribution < -0.4 is 56.6 Å². The lowest BCUT2D eigenvalue weighted by Gasteiger charge is -2.28. The second-order valence-corrected chi connectivity index (χ2v) is 17.1. The SMILES string of the molecule is COc1ccc(-c2ccc(C[P+](c3ccccc3)(c3ccccc3)c3ccccc3)cc2OC)c(CCc2ccc(Oc3cc(C=O)ccc3OC)c(OC)c2)c1.[Br-]. The highest BCUT2D eigenvalue weighted by molar-refractivity contribution is 7.95. The zero-order valence-corrected chi connectivity index (χ0v) is 35.5. The Bertz CT molecular complexity index is 2340. The summed E-state index contributed by atoms with van der Waals surface area (Å²) in [6, 6.07) is 56.7. The van der Waals surface area contributed by atoms with Crippen molar-refractivity contribution in [3.05, 3.63) is 186 Å². The average molecular weight is 854 g/mol. The van der Waals surface area contributed by atoms with Crippen molar-refractivity contribution < 1.29 is 45.5 Å². The van der Waals surface area contributed by atoms with E-state index in [-0.39, 0.29) is 17.0 Å². The van der Waals surface area contributed by atoms with Gasteiger partial charge in [-0.05, 0) is 120 Å². The molecular formula is C50H46BrO6P. The van der Waals surface area contributed by atoms with Gasteiger partial charge in [0, 0.05) is 11.1 Å². The second-order valence-electron chi connectivity index (χ2n) is 13.6. The van der Waals surface area contributed by atoms with Gasteiger partial charge in [0.05, 0.1) is 34.6 Å². The van der Waals surface area contributed by atoms with E-state index in [0.29, 0.717) is 28.6 Å². The number of benzene rings is 7. The number of carbonyl (C=O) groups excluding carboxylic acids is 1. The fraction of sp³-hybridized carbons (Fsp3) is 0.140. The number of carbonyl (C=O) groups is 1. The first kappa shape index (κ1) is 41.7. The Labute approximate surface area is 352 Å². The van der Waals surface area contributed by atoms with E-state index in [1.54, 1.807) is 46.6 Å². The lowest BCUT2D eigenvalue weighted by Crippen LogP contribution is -3.00. The minimum absolute atomic E-state index is 0. The molecule has 0 aliphatic heterocycles. The number of hydrogen-bond donors (Lipinski definition) is 0. The topological polar surface area (TPSA) is 63.2 Å². The summed E-state index contributed by atoms with van der Waals surface area (Å²) in [5.41, 5.74) is 6.02. The van der Waals surface area contributed by atoms with Gasteiger partial charge in [0.15, 0.2) is 23.0 Å². The maximum Gasteiger partial charge on any atom is 0.170 e. The first-order valence-electron chi connectivity index (χ1n) is 18.9. The molecule has 0 bridgehead atoms. The van der Waals surface area contributed by atoms with Gasteiger partial charge in [-0.1, -0.05) is 78.9 Å². The molecule has 0 aliphatic carbocycles. The molecule has 58 heavy (non-hydrogen) atoms. The normalized spacial score (nSPS) is 10.9. The largest absolute Gasteiger partial charge is 1.00 e. The van der Waals surface area contributed by atoms with E-state index < -0.39 is 7.26 Å². The van der Waals surface area contributed by atoms with E-state index in [2.05, 4.69) is 121 Å². The average Bonchev–Trinajstić information content (AvgIpc) is 3.28. The fourth-order valence-electron chi connectivity index (χ4n) is 7.46. The highest BCUT2D eigenvalue weighted by Crippen LogP contribution is 2.58. The van der Waals surface area contributed by atoms with Crippen LogP contribution in [0.15, 0.2) is 164 Å². The molecule has 0 N–H and O–H groups in total. The molecule has 0 unspecified atom stereocenters. The lowest BCUT2D eigenvalue weighted by molar-refractivity contribution is -0.0000189. The Morgan fingerprint density at radius 2 is 1.02 bits per heavy atom. The van der Waals surface area contributed by atoms with Crippen molar-refractivity contribution >= 4 is 29.5 Å². The number of rotatable bonds is 16. The van der Waals surface area contributed by atoms with Crippen LogP contribution >= 0.6 is 7.26 Å². The van der Waals surface area contributed by atoms with Crippen LogP contribution in [-0.2, 0) is 19.0 Å². The molecule has 0 fully saturated rings. The van der Waals surface area contributed by atoms with Gasteiger partial charge < -0.3 is 40.7 Å². The molecule has 7 rings (SSSR count). The van der Waals surface area contributed by atoms with Crippen LogP contribution in [0.3, 0.4) is 0 Å². The van der Waals surface area contributed by atoms with Crippen molar-refractivity contribution in [3.8, 4) is 45.6 Å². The Kier molecular flexibility index (Phi) is 14.0. The third kappa shape index (κ3) is 8.97. The Hall–Kier alpha value is -5.88. The van der Waals surface area contributed by atoms with E-state index in [9.17, 15) is 4.79 Å². The van der Waals surface area contributed by atoms with Gasteiger partial charge in [-0.2, -0.15) is 0 Å². The highest BCUT2D eigenvalue weighted by atomic mass is 79.9. The number of ether oxygens (including phenoxy) is 5. The molecule has 0 saturated heterocycles. The van der Waals surface area contributed by atoms with Crippen LogP contribution in [0.25, 0.3) is 11.1 Å². The predicted octanol–water partition coefficient (Wildman–Crippen LogP) is 7.28. The van der Waals surface area contributed by atoms with E-state index in [1.165, 1.54) is 21.5 Å². The first-order valence-corrected chi connectivity index (χ1v) is 20.8. The van der Waals surface area contributed by atoms with Crippen molar-refractivity contribution in [1.29, 1.82) is 0 Å². The standard InChI is InChI=1S/C50H46O6P.BrH/c1-52-40-25-27-44(39(33-40)24-20-36-22-29-47(49(30-36)55-4)56-50-31-37(34-51)23-28-46(50)53-2)45-26-21-38(32-48(45)54-3)35-57(41-14-8-5-9-15-41,42-16-10-6-11-17-42)43-18-12-7-13-19-43;/h5-19,21-23,25-34H,20,24,35H2,1-4H3;1H/q+1;/p-1. The van der Waals surface area contributed by atoms with Crippen molar-refractivity contribution in [2.75, 3.05) is 28.4 Å². The number of hydrogen-bond acceptors (Lipinski definition) is 6. The summed E-state index contributed by atoms with van der Waals surface area (Å²) in [5, 5.41) is 4.02. The second kappa shape index (κ2) is 19.5. The van der Waals surface area contributed by atoms with Crippen LogP contribution in [0.5, 0.6) is 34.5 Å². The highest BCUT2D eigenvalue weighted by Gasteiger charge is 2.45. The van der Waals surface area contributed by atoms with Gasteiger partial charge in [0.25, 0.3) is 0 Å². The summed E-state index contributed by atoms with van der Waals surface area (Å²) in [7, 11) is 4.52. The fourth-order valence-corrected chi connectivity index (χ4v) is 11.7. The molecule has 0 aromatic heterocycles. The number of aryl methyl sites for hydroxylation is 2. The first-order chi connectivity index (χ1) is 28.0. The smallest absolute Gasteiger partial charge is 0.170 e. The Morgan fingerprint density at radius 1 is 0.466 bits per heavy atom. The van der Waals surface area contributed by atoms with Crippen LogP contribution in [0.2, 0.25) is 0 Å². The van der Waals surface area contributed by atoms with E-state index >= 15 is 0 Å². The van der Waals surface area contributed by atoms with Gasteiger partial charge in [0.2, 0.25) is 0 Å². The molecule has 0 aliphatic rings. The molecule has 0 atom stereocenters. The zero-order chi connectivity index (χ0) is 39.6. The molecule has 294 valence electrons. The third-order valence-corrected chi connectivity index (χ3v) is 14.7.